The number of hydrogen-bond donors (Lipinski definition) is 0. The summed E-state index contributed by atoms with van der Waals surface area (Å²) in [6.45, 7) is 0.378. The summed E-state index contributed by atoms with van der Waals surface area (Å²) in [6, 6.07) is 15.8. The van der Waals surface area contributed by atoms with Crippen molar-refractivity contribution in [2.45, 2.75) is 25.4 Å². The molecule has 6 nitrogen and oxygen atoms in total. The molecule has 0 bridgehead atoms. The Hall–Kier alpha value is -2.89. The second-order valence-corrected chi connectivity index (χ2v) is 6.03. The predicted octanol–water partition coefficient (Wildman–Crippen LogP) is 2.42. The SMILES string of the molecule is Cn1nnn(-c2ccccc2COc2ccccc2C2CC2)c1=O. The van der Waals surface area contributed by atoms with Gasteiger partial charge in [0, 0.05) is 12.6 Å². The molecule has 1 aromatic heterocycles. The zero-order valence-electron chi connectivity index (χ0n) is 13.4. The van der Waals surface area contributed by atoms with E-state index in [-0.39, 0.29) is 5.69 Å². The average molecular weight is 322 g/mol. The average Bonchev–Trinajstić information content (AvgIpc) is 3.41. The largest absolute Gasteiger partial charge is 0.489 e. The standard InChI is InChI=1S/C18H18N4O2/c1-21-18(23)22(20-19-21)16-8-4-2-6-14(16)12-24-17-9-5-3-7-15(17)13-10-11-13/h2-9,13H,10-12H2,1H3. The number of benzene rings is 2. The summed E-state index contributed by atoms with van der Waals surface area (Å²) in [5.41, 5.74) is 2.58. The van der Waals surface area contributed by atoms with Gasteiger partial charge in [0.1, 0.15) is 12.4 Å². The minimum absolute atomic E-state index is 0.277. The Labute approximate surface area is 139 Å². The van der Waals surface area contributed by atoms with Gasteiger partial charge in [-0.05, 0) is 46.9 Å². The van der Waals surface area contributed by atoms with Crippen LogP contribution >= 0.6 is 0 Å². The van der Waals surface area contributed by atoms with E-state index in [1.54, 1.807) is 7.05 Å². The number of hydrogen-bond acceptors (Lipinski definition) is 4. The van der Waals surface area contributed by atoms with Gasteiger partial charge in [-0.25, -0.2) is 4.79 Å². The zero-order chi connectivity index (χ0) is 16.5. The third kappa shape index (κ3) is 2.71. The number of tetrazole rings is 1. The summed E-state index contributed by atoms with van der Waals surface area (Å²) < 4.78 is 8.57. The molecule has 0 aliphatic heterocycles. The molecular weight excluding hydrogens is 304 g/mol. The van der Waals surface area contributed by atoms with Gasteiger partial charge in [-0.1, -0.05) is 36.4 Å². The highest BCUT2D eigenvalue weighted by Gasteiger charge is 2.26. The molecule has 1 aliphatic carbocycles. The summed E-state index contributed by atoms with van der Waals surface area (Å²) >= 11 is 0. The first-order chi connectivity index (χ1) is 11.7. The molecule has 1 saturated carbocycles. The lowest BCUT2D eigenvalue weighted by atomic mass is 10.1. The van der Waals surface area contributed by atoms with Gasteiger partial charge in [-0.15, -0.1) is 0 Å². The molecule has 122 valence electrons. The van der Waals surface area contributed by atoms with E-state index < -0.39 is 0 Å². The summed E-state index contributed by atoms with van der Waals surface area (Å²) in [6.07, 6.45) is 2.46. The Kier molecular flexibility index (Phi) is 3.65. The van der Waals surface area contributed by atoms with Crippen molar-refractivity contribution in [3.8, 4) is 11.4 Å². The van der Waals surface area contributed by atoms with E-state index >= 15 is 0 Å². The van der Waals surface area contributed by atoms with Gasteiger partial charge in [0.25, 0.3) is 0 Å². The van der Waals surface area contributed by atoms with Gasteiger partial charge in [0.2, 0.25) is 0 Å². The fraction of sp³-hybridized carbons (Fsp3) is 0.278. The number of ether oxygens (including phenoxy) is 1. The van der Waals surface area contributed by atoms with E-state index in [1.165, 1.54) is 27.8 Å². The highest BCUT2D eigenvalue weighted by Crippen LogP contribution is 2.44. The van der Waals surface area contributed by atoms with Gasteiger partial charge in [-0.2, -0.15) is 9.36 Å². The van der Waals surface area contributed by atoms with Crippen molar-refractivity contribution in [1.82, 2.24) is 19.8 Å². The lowest BCUT2D eigenvalue weighted by Gasteiger charge is -2.13. The Morgan fingerprint density at radius 1 is 1.08 bits per heavy atom. The number of nitrogens with zero attached hydrogens (tertiary/aromatic N) is 4. The molecule has 0 N–H and O–H groups in total. The molecule has 1 heterocycles. The van der Waals surface area contributed by atoms with E-state index in [0.29, 0.717) is 18.2 Å². The minimum Gasteiger partial charge on any atom is -0.489 e. The first-order valence-electron chi connectivity index (χ1n) is 8.03. The molecule has 1 aliphatic rings. The van der Waals surface area contributed by atoms with Crippen molar-refractivity contribution in [2.75, 3.05) is 0 Å². The van der Waals surface area contributed by atoms with Crippen LogP contribution in [0.5, 0.6) is 5.75 Å². The fourth-order valence-electron chi connectivity index (χ4n) is 2.80. The van der Waals surface area contributed by atoms with Gasteiger partial charge in [0.15, 0.2) is 0 Å². The first-order valence-corrected chi connectivity index (χ1v) is 8.03. The van der Waals surface area contributed by atoms with Crippen LogP contribution in [0.2, 0.25) is 0 Å². The van der Waals surface area contributed by atoms with Gasteiger partial charge >= 0.3 is 5.69 Å². The van der Waals surface area contributed by atoms with Crippen LogP contribution in [0, 0.1) is 0 Å². The summed E-state index contributed by atoms with van der Waals surface area (Å²) in [5, 5.41) is 7.69. The molecule has 6 heteroatoms. The van der Waals surface area contributed by atoms with Gasteiger partial charge in [0.05, 0.1) is 5.69 Å². The third-order valence-corrected chi connectivity index (χ3v) is 4.26. The third-order valence-electron chi connectivity index (χ3n) is 4.26. The van der Waals surface area contributed by atoms with Crippen LogP contribution < -0.4 is 10.4 Å². The van der Waals surface area contributed by atoms with Crippen molar-refractivity contribution in [2.24, 2.45) is 7.05 Å². The minimum atomic E-state index is -0.277. The molecule has 3 aromatic rings. The summed E-state index contributed by atoms with van der Waals surface area (Å²) in [4.78, 5) is 12.1. The Morgan fingerprint density at radius 3 is 2.58 bits per heavy atom. The van der Waals surface area contributed by atoms with E-state index in [2.05, 4.69) is 16.5 Å². The fourth-order valence-corrected chi connectivity index (χ4v) is 2.80. The van der Waals surface area contributed by atoms with Crippen LogP contribution in [0.3, 0.4) is 0 Å². The maximum absolute atomic E-state index is 12.1. The van der Waals surface area contributed by atoms with E-state index in [1.807, 2.05) is 42.5 Å². The van der Waals surface area contributed by atoms with E-state index in [0.717, 1.165) is 11.3 Å². The topological polar surface area (TPSA) is 61.9 Å². The molecule has 24 heavy (non-hydrogen) atoms. The zero-order valence-corrected chi connectivity index (χ0v) is 13.4. The molecule has 2 aromatic carbocycles. The Morgan fingerprint density at radius 2 is 1.83 bits per heavy atom. The highest BCUT2D eigenvalue weighted by molar-refractivity contribution is 5.41. The van der Waals surface area contributed by atoms with E-state index in [4.69, 9.17) is 4.74 Å². The molecule has 0 amide bonds. The van der Waals surface area contributed by atoms with Crippen LogP contribution in [0.15, 0.2) is 53.3 Å². The van der Waals surface area contributed by atoms with Crippen LogP contribution in [0.4, 0.5) is 0 Å². The molecule has 0 unspecified atom stereocenters. The van der Waals surface area contributed by atoms with Crippen LogP contribution in [0.25, 0.3) is 5.69 Å². The Balaban J connectivity index is 1.62. The van der Waals surface area contributed by atoms with Gasteiger partial charge < -0.3 is 4.74 Å². The number of para-hydroxylation sites is 2. The summed E-state index contributed by atoms with van der Waals surface area (Å²) in [5.74, 6) is 1.54. The monoisotopic (exact) mass is 322 g/mol. The second kappa shape index (κ2) is 5.96. The highest BCUT2D eigenvalue weighted by atomic mass is 16.5. The lowest BCUT2D eigenvalue weighted by molar-refractivity contribution is 0.302. The maximum atomic E-state index is 12.1. The smallest absolute Gasteiger partial charge is 0.368 e. The van der Waals surface area contributed by atoms with Crippen LogP contribution in [-0.2, 0) is 13.7 Å². The molecule has 0 atom stereocenters. The number of aryl methyl sites for hydroxylation is 1. The lowest BCUT2D eigenvalue weighted by Crippen LogP contribution is -2.23. The molecule has 1 fully saturated rings. The molecule has 0 saturated heterocycles. The number of rotatable bonds is 5. The molecule has 0 radical (unpaired) electrons. The van der Waals surface area contributed by atoms with Crippen molar-refractivity contribution in [3.05, 3.63) is 70.1 Å². The van der Waals surface area contributed by atoms with Crippen molar-refractivity contribution < 1.29 is 4.74 Å². The second-order valence-electron chi connectivity index (χ2n) is 6.03. The van der Waals surface area contributed by atoms with Crippen LogP contribution in [0.1, 0.15) is 29.9 Å². The summed E-state index contributed by atoms with van der Waals surface area (Å²) in [7, 11) is 1.58. The van der Waals surface area contributed by atoms with Crippen molar-refractivity contribution in [1.29, 1.82) is 0 Å². The molecular formula is C18H18N4O2. The normalized spacial score (nSPS) is 13.9. The quantitative estimate of drug-likeness (QED) is 0.724. The van der Waals surface area contributed by atoms with E-state index in [9.17, 15) is 4.79 Å². The van der Waals surface area contributed by atoms with Gasteiger partial charge in [-0.3, -0.25) is 0 Å². The predicted molar refractivity (Wildman–Crippen MR) is 89.3 cm³/mol. The molecule has 0 spiro atoms. The molecule has 4 rings (SSSR count). The van der Waals surface area contributed by atoms with Crippen molar-refractivity contribution in [3.63, 3.8) is 0 Å². The van der Waals surface area contributed by atoms with Crippen LogP contribution in [-0.4, -0.2) is 19.8 Å². The first kappa shape index (κ1) is 14.7. The Bertz CT molecular complexity index is 925. The van der Waals surface area contributed by atoms with Crippen molar-refractivity contribution >= 4 is 0 Å². The maximum Gasteiger partial charge on any atom is 0.368 e. The number of aromatic nitrogens is 4.